The Morgan fingerprint density at radius 2 is 1.84 bits per heavy atom. The average Bonchev–Trinajstić information content (AvgIpc) is 2.82. The molecule has 1 aromatic carbocycles. The quantitative estimate of drug-likeness (QED) is 0.839. The molecule has 1 aliphatic carbocycles. The van der Waals surface area contributed by atoms with Crippen LogP contribution in [0.2, 0.25) is 10.0 Å². The van der Waals surface area contributed by atoms with Gasteiger partial charge in [-0.3, -0.25) is 0 Å². The third-order valence-electron chi connectivity index (χ3n) is 4.56. The van der Waals surface area contributed by atoms with E-state index in [1.54, 1.807) is 0 Å². The maximum atomic E-state index is 6.38. The molecule has 2 nitrogen and oxygen atoms in total. The van der Waals surface area contributed by atoms with Gasteiger partial charge in [-0.2, -0.15) is 0 Å². The fourth-order valence-electron chi connectivity index (χ4n) is 3.46. The molecule has 2 aliphatic rings. The Bertz CT molecular complexity index is 449. The molecule has 1 saturated heterocycles. The zero-order valence-corrected chi connectivity index (χ0v) is 12.8. The summed E-state index contributed by atoms with van der Waals surface area (Å²) in [5, 5.41) is 5.27. The van der Waals surface area contributed by atoms with Gasteiger partial charge in [-0.25, -0.2) is 0 Å². The van der Waals surface area contributed by atoms with Crippen LogP contribution in [0.1, 0.15) is 32.6 Å². The van der Waals surface area contributed by atoms with Gasteiger partial charge in [0.15, 0.2) is 0 Å². The number of benzene rings is 1. The van der Waals surface area contributed by atoms with Crippen molar-refractivity contribution in [1.29, 1.82) is 0 Å². The Kier molecular flexibility index (Phi) is 3.67. The summed E-state index contributed by atoms with van der Waals surface area (Å²) in [6, 6.07) is 6.19. The highest BCUT2D eigenvalue weighted by Crippen LogP contribution is 2.40. The van der Waals surface area contributed by atoms with E-state index in [2.05, 4.69) is 17.1 Å². The van der Waals surface area contributed by atoms with Gasteiger partial charge < -0.3 is 10.2 Å². The molecule has 0 bridgehead atoms. The highest BCUT2D eigenvalue weighted by Gasteiger charge is 2.40. The van der Waals surface area contributed by atoms with Crippen molar-refractivity contribution < 1.29 is 0 Å². The van der Waals surface area contributed by atoms with Crippen molar-refractivity contribution in [3.8, 4) is 0 Å². The van der Waals surface area contributed by atoms with E-state index in [-0.39, 0.29) is 5.54 Å². The van der Waals surface area contributed by atoms with Gasteiger partial charge in [0.1, 0.15) is 0 Å². The molecule has 2 fully saturated rings. The van der Waals surface area contributed by atoms with E-state index < -0.39 is 0 Å². The molecule has 104 valence electrons. The zero-order valence-electron chi connectivity index (χ0n) is 11.3. The summed E-state index contributed by atoms with van der Waals surface area (Å²) < 4.78 is 0. The van der Waals surface area contributed by atoms with Crippen molar-refractivity contribution in [2.45, 2.75) is 44.2 Å². The van der Waals surface area contributed by atoms with Crippen LogP contribution in [0.25, 0.3) is 0 Å². The minimum Gasteiger partial charge on any atom is -0.363 e. The number of nitrogens with one attached hydrogen (secondary N) is 1. The lowest BCUT2D eigenvalue weighted by Gasteiger charge is -2.47. The first-order valence-electron chi connectivity index (χ1n) is 7.07. The summed E-state index contributed by atoms with van der Waals surface area (Å²) in [7, 11) is 0. The topological polar surface area (TPSA) is 15.3 Å². The lowest BCUT2D eigenvalue weighted by atomic mass is 9.92. The monoisotopic (exact) mass is 298 g/mol. The Morgan fingerprint density at radius 3 is 2.47 bits per heavy atom. The molecule has 1 aliphatic heterocycles. The fraction of sp³-hybridized carbons (Fsp3) is 0.600. The molecule has 1 N–H and O–H groups in total. The summed E-state index contributed by atoms with van der Waals surface area (Å²) >= 11 is 12.8. The number of rotatable bonds is 1. The highest BCUT2D eigenvalue weighted by molar-refractivity contribution is 6.39. The predicted octanol–water partition coefficient (Wildman–Crippen LogP) is 4.10. The predicted molar refractivity (Wildman–Crippen MR) is 82.5 cm³/mol. The van der Waals surface area contributed by atoms with E-state index >= 15 is 0 Å². The number of halogens is 2. The first kappa shape index (κ1) is 13.5. The minimum atomic E-state index is 0.273. The normalized spacial score (nSPS) is 26.1. The molecule has 1 heterocycles. The second-order valence-electron chi connectivity index (χ2n) is 5.92. The maximum Gasteiger partial charge on any atom is 0.0748 e. The van der Waals surface area contributed by atoms with Gasteiger partial charge in [0.25, 0.3) is 0 Å². The number of hydrogen-bond donors (Lipinski definition) is 1. The van der Waals surface area contributed by atoms with Crippen LogP contribution in [0.3, 0.4) is 0 Å². The third-order valence-corrected chi connectivity index (χ3v) is 5.17. The van der Waals surface area contributed by atoms with Gasteiger partial charge in [0.2, 0.25) is 0 Å². The van der Waals surface area contributed by atoms with Gasteiger partial charge in [0, 0.05) is 24.7 Å². The lowest BCUT2D eigenvalue weighted by Crippen LogP contribution is -2.62. The van der Waals surface area contributed by atoms with Gasteiger partial charge in [-0.1, -0.05) is 42.1 Å². The SMILES string of the molecule is CC1CNC2(CCCC2)CN1c1c(Cl)cccc1Cl. The first-order valence-corrected chi connectivity index (χ1v) is 7.83. The van der Waals surface area contributed by atoms with Crippen LogP contribution in [-0.2, 0) is 0 Å². The van der Waals surface area contributed by atoms with Crippen molar-refractivity contribution in [3.05, 3.63) is 28.2 Å². The van der Waals surface area contributed by atoms with E-state index in [4.69, 9.17) is 23.2 Å². The molecule has 19 heavy (non-hydrogen) atoms. The van der Waals surface area contributed by atoms with Crippen LogP contribution in [0.5, 0.6) is 0 Å². The molecule has 1 saturated carbocycles. The maximum absolute atomic E-state index is 6.38. The molecule has 4 heteroatoms. The van der Waals surface area contributed by atoms with Crippen LogP contribution in [0, 0.1) is 0 Å². The second-order valence-corrected chi connectivity index (χ2v) is 6.73. The van der Waals surface area contributed by atoms with Crippen molar-refractivity contribution in [3.63, 3.8) is 0 Å². The summed E-state index contributed by atoms with van der Waals surface area (Å²) in [5.74, 6) is 0. The minimum absolute atomic E-state index is 0.273. The molecule has 0 amide bonds. The molecule has 1 spiro atoms. The number of anilines is 1. The van der Waals surface area contributed by atoms with Crippen LogP contribution in [0.15, 0.2) is 18.2 Å². The largest absolute Gasteiger partial charge is 0.363 e. The molecule has 1 unspecified atom stereocenters. The number of para-hydroxylation sites is 1. The van der Waals surface area contributed by atoms with Gasteiger partial charge in [-0.05, 0) is 31.9 Å². The molecule has 0 aromatic heterocycles. The third kappa shape index (κ3) is 2.46. The summed E-state index contributed by atoms with van der Waals surface area (Å²) in [6.45, 7) is 4.24. The fourth-order valence-corrected chi connectivity index (χ4v) is 4.08. The average molecular weight is 299 g/mol. The van der Waals surface area contributed by atoms with Gasteiger partial charge in [-0.15, -0.1) is 0 Å². The molecule has 1 atom stereocenters. The lowest BCUT2D eigenvalue weighted by molar-refractivity contribution is 0.276. The smallest absolute Gasteiger partial charge is 0.0748 e. The van der Waals surface area contributed by atoms with Crippen LogP contribution < -0.4 is 10.2 Å². The van der Waals surface area contributed by atoms with E-state index in [0.29, 0.717) is 6.04 Å². The van der Waals surface area contributed by atoms with E-state index in [9.17, 15) is 0 Å². The van der Waals surface area contributed by atoms with E-state index in [1.165, 1.54) is 25.7 Å². The summed E-state index contributed by atoms with van der Waals surface area (Å²) in [4.78, 5) is 2.40. The molecule has 1 aromatic rings. The molecular weight excluding hydrogens is 279 g/mol. The second kappa shape index (κ2) is 5.16. The highest BCUT2D eigenvalue weighted by atomic mass is 35.5. The van der Waals surface area contributed by atoms with E-state index in [0.717, 1.165) is 28.8 Å². The molecular formula is C15H20Cl2N2. The van der Waals surface area contributed by atoms with Crippen LogP contribution in [-0.4, -0.2) is 24.7 Å². The Balaban J connectivity index is 1.93. The number of nitrogens with zero attached hydrogens (tertiary/aromatic N) is 1. The Hall–Kier alpha value is -0.440. The van der Waals surface area contributed by atoms with Crippen molar-refractivity contribution in [2.75, 3.05) is 18.0 Å². The Morgan fingerprint density at radius 1 is 1.21 bits per heavy atom. The Labute approximate surface area is 125 Å². The van der Waals surface area contributed by atoms with Gasteiger partial charge >= 0.3 is 0 Å². The summed E-state index contributed by atoms with van der Waals surface area (Å²) in [6.07, 6.45) is 5.17. The van der Waals surface area contributed by atoms with Gasteiger partial charge in [0.05, 0.1) is 15.7 Å². The summed E-state index contributed by atoms with van der Waals surface area (Å²) in [5.41, 5.74) is 1.28. The molecule has 3 rings (SSSR count). The van der Waals surface area contributed by atoms with Crippen LogP contribution >= 0.6 is 23.2 Å². The van der Waals surface area contributed by atoms with Crippen molar-refractivity contribution in [1.82, 2.24) is 5.32 Å². The van der Waals surface area contributed by atoms with Crippen LogP contribution in [0.4, 0.5) is 5.69 Å². The number of piperazine rings is 1. The zero-order chi connectivity index (χ0) is 13.5. The number of hydrogen-bond acceptors (Lipinski definition) is 2. The molecule has 0 radical (unpaired) electrons. The van der Waals surface area contributed by atoms with E-state index in [1.807, 2.05) is 18.2 Å². The standard InChI is InChI=1S/C15H20Cl2N2/c1-11-9-18-15(7-2-3-8-15)10-19(11)14-12(16)5-4-6-13(14)17/h4-6,11,18H,2-3,7-10H2,1H3. The first-order chi connectivity index (χ1) is 9.11. The van der Waals surface area contributed by atoms with Crippen molar-refractivity contribution in [2.24, 2.45) is 0 Å². The van der Waals surface area contributed by atoms with Crippen molar-refractivity contribution >= 4 is 28.9 Å².